The van der Waals surface area contributed by atoms with Crippen molar-refractivity contribution in [3.8, 4) is 11.5 Å². The fourth-order valence-corrected chi connectivity index (χ4v) is 1.41. The van der Waals surface area contributed by atoms with Crippen LogP contribution in [-0.4, -0.2) is 26.2 Å². The molecular formula is C7H5N3O3S. The minimum atomic E-state index is -1.00. The molecule has 0 atom stereocenters. The van der Waals surface area contributed by atoms with Crippen molar-refractivity contribution in [2.24, 2.45) is 0 Å². The smallest absolute Gasteiger partial charge is 0.312 e. The molecule has 7 heteroatoms. The van der Waals surface area contributed by atoms with E-state index in [1.54, 1.807) is 10.9 Å². The Morgan fingerprint density at radius 1 is 1.64 bits per heavy atom. The first-order valence-electron chi connectivity index (χ1n) is 3.68. The van der Waals surface area contributed by atoms with Crippen LogP contribution in [0, 0.1) is 0 Å². The molecular weight excluding hydrogens is 206 g/mol. The summed E-state index contributed by atoms with van der Waals surface area (Å²) in [5.74, 6) is -0.596. The van der Waals surface area contributed by atoms with Gasteiger partial charge in [0.1, 0.15) is 12.1 Å². The van der Waals surface area contributed by atoms with E-state index in [0.29, 0.717) is 11.5 Å². The third kappa shape index (κ3) is 1.77. The van der Waals surface area contributed by atoms with Crippen molar-refractivity contribution >= 4 is 17.3 Å². The molecule has 0 aliphatic carbocycles. The van der Waals surface area contributed by atoms with Crippen LogP contribution >= 0.6 is 11.3 Å². The summed E-state index contributed by atoms with van der Waals surface area (Å²) in [7, 11) is 0. The zero-order chi connectivity index (χ0) is 9.97. The molecule has 0 radical (unpaired) electrons. The van der Waals surface area contributed by atoms with Crippen LogP contribution in [0.2, 0.25) is 0 Å². The lowest BCUT2D eigenvalue weighted by molar-refractivity contribution is -0.136. The molecule has 1 N–H and O–H groups in total. The van der Waals surface area contributed by atoms with Gasteiger partial charge in [-0.25, -0.2) is 4.98 Å². The van der Waals surface area contributed by atoms with E-state index in [2.05, 4.69) is 15.1 Å². The molecule has 0 aliphatic heterocycles. The fourth-order valence-electron chi connectivity index (χ4n) is 0.883. The van der Waals surface area contributed by atoms with Gasteiger partial charge in [-0.05, 0) is 0 Å². The summed E-state index contributed by atoms with van der Waals surface area (Å²) in [5.41, 5.74) is 2.23. The molecule has 0 spiro atoms. The van der Waals surface area contributed by atoms with Gasteiger partial charge < -0.3 is 9.63 Å². The predicted octanol–water partition coefficient (Wildman–Crippen LogP) is 0.820. The van der Waals surface area contributed by atoms with Crippen molar-refractivity contribution in [1.82, 2.24) is 15.1 Å². The largest absolute Gasteiger partial charge is 0.481 e. The number of carboxylic acids is 1. The molecule has 0 unspecified atom stereocenters. The lowest BCUT2D eigenvalue weighted by atomic mass is 10.4. The molecule has 0 amide bonds. The summed E-state index contributed by atoms with van der Waals surface area (Å²) in [6.07, 6.45) is -0.267. The second kappa shape index (κ2) is 3.54. The highest BCUT2D eigenvalue weighted by molar-refractivity contribution is 7.07. The Morgan fingerprint density at radius 3 is 3.14 bits per heavy atom. The molecule has 2 heterocycles. The molecule has 0 aliphatic rings. The van der Waals surface area contributed by atoms with Gasteiger partial charge in [0.25, 0.3) is 0 Å². The number of carboxylic acid groups (broad SMARTS) is 1. The second-order valence-electron chi connectivity index (χ2n) is 2.46. The standard InChI is InChI=1S/C7H5N3O3S/c11-6(12)1-5-9-7(10-13-5)4-2-14-3-8-4/h2-3H,1H2,(H,11,12). The summed E-state index contributed by atoms with van der Waals surface area (Å²) in [5, 5.41) is 13.8. The summed E-state index contributed by atoms with van der Waals surface area (Å²) >= 11 is 1.41. The van der Waals surface area contributed by atoms with Gasteiger partial charge in [0.05, 0.1) is 5.51 Å². The molecule has 6 nitrogen and oxygen atoms in total. The normalized spacial score (nSPS) is 10.3. The number of rotatable bonds is 3. The number of hydrogen-bond donors (Lipinski definition) is 1. The molecule has 2 aromatic heterocycles. The molecule has 72 valence electrons. The zero-order valence-corrected chi connectivity index (χ0v) is 7.69. The topological polar surface area (TPSA) is 89.1 Å². The highest BCUT2D eigenvalue weighted by atomic mass is 32.1. The van der Waals surface area contributed by atoms with Crippen molar-refractivity contribution < 1.29 is 14.4 Å². The Hall–Kier alpha value is -1.76. The van der Waals surface area contributed by atoms with Crippen LogP contribution in [0.4, 0.5) is 0 Å². The number of nitrogens with zero attached hydrogens (tertiary/aromatic N) is 3. The van der Waals surface area contributed by atoms with E-state index in [4.69, 9.17) is 9.63 Å². The Bertz CT molecular complexity index is 437. The van der Waals surface area contributed by atoms with Gasteiger partial charge in [0.15, 0.2) is 0 Å². The SMILES string of the molecule is O=C(O)Cc1nc(-c2cscn2)no1. The third-order valence-electron chi connectivity index (χ3n) is 1.43. The second-order valence-corrected chi connectivity index (χ2v) is 3.17. The minimum Gasteiger partial charge on any atom is -0.481 e. The maximum absolute atomic E-state index is 10.3. The Balaban J connectivity index is 2.22. The number of carbonyl (C=O) groups is 1. The molecule has 0 fully saturated rings. The molecule has 0 aromatic carbocycles. The number of aromatic nitrogens is 3. The van der Waals surface area contributed by atoms with E-state index < -0.39 is 5.97 Å². The number of hydrogen-bond acceptors (Lipinski definition) is 6. The lowest BCUT2D eigenvalue weighted by Gasteiger charge is -1.83. The first-order chi connectivity index (χ1) is 6.75. The summed E-state index contributed by atoms with van der Waals surface area (Å²) in [4.78, 5) is 18.2. The minimum absolute atomic E-state index is 0.0838. The highest BCUT2D eigenvalue weighted by Crippen LogP contribution is 2.15. The average Bonchev–Trinajstić information content (AvgIpc) is 2.69. The molecule has 0 bridgehead atoms. The maximum Gasteiger partial charge on any atom is 0.312 e. The zero-order valence-electron chi connectivity index (χ0n) is 6.88. The van der Waals surface area contributed by atoms with Crippen molar-refractivity contribution in [1.29, 1.82) is 0 Å². The van der Waals surface area contributed by atoms with E-state index in [0.717, 1.165) is 0 Å². The van der Waals surface area contributed by atoms with Crippen molar-refractivity contribution in [3.63, 3.8) is 0 Å². The first kappa shape index (κ1) is 8.82. The van der Waals surface area contributed by atoms with Gasteiger partial charge >= 0.3 is 5.97 Å². The Kier molecular flexibility index (Phi) is 2.23. The Morgan fingerprint density at radius 2 is 2.50 bits per heavy atom. The third-order valence-corrected chi connectivity index (χ3v) is 2.02. The van der Waals surface area contributed by atoms with Gasteiger partial charge in [0, 0.05) is 5.38 Å². The number of thiazole rings is 1. The van der Waals surface area contributed by atoms with E-state index in [1.807, 2.05) is 0 Å². The summed E-state index contributed by atoms with van der Waals surface area (Å²) in [6, 6.07) is 0. The van der Waals surface area contributed by atoms with Crippen LogP contribution in [0.1, 0.15) is 5.89 Å². The monoisotopic (exact) mass is 211 g/mol. The van der Waals surface area contributed by atoms with E-state index in [1.165, 1.54) is 11.3 Å². The summed E-state index contributed by atoms with van der Waals surface area (Å²) < 4.78 is 4.72. The van der Waals surface area contributed by atoms with E-state index in [-0.39, 0.29) is 12.3 Å². The van der Waals surface area contributed by atoms with Gasteiger partial charge in [-0.2, -0.15) is 4.98 Å². The van der Waals surface area contributed by atoms with Gasteiger partial charge in [-0.3, -0.25) is 4.79 Å². The van der Waals surface area contributed by atoms with Crippen molar-refractivity contribution in [3.05, 3.63) is 16.8 Å². The van der Waals surface area contributed by atoms with Crippen LogP contribution in [-0.2, 0) is 11.2 Å². The quantitative estimate of drug-likeness (QED) is 0.808. The van der Waals surface area contributed by atoms with Crippen LogP contribution in [0.15, 0.2) is 15.4 Å². The summed E-state index contributed by atoms with van der Waals surface area (Å²) in [6.45, 7) is 0. The molecule has 2 aromatic rings. The molecule has 14 heavy (non-hydrogen) atoms. The fraction of sp³-hybridized carbons (Fsp3) is 0.143. The van der Waals surface area contributed by atoms with E-state index in [9.17, 15) is 4.79 Å². The van der Waals surface area contributed by atoms with Crippen molar-refractivity contribution in [2.75, 3.05) is 0 Å². The predicted molar refractivity (Wildman–Crippen MR) is 46.7 cm³/mol. The molecule has 0 saturated heterocycles. The Labute approximate surface area is 82.2 Å². The van der Waals surface area contributed by atoms with Crippen LogP contribution in [0.25, 0.3) is 11.5 Å². The van der Waals surface area contributed by atoms with Crippen molar-refractivity contribution in [2.45, 2.75) is 6.42 Å². The lowest BCUT2D eigenvalue weighted by Crippen LogP contribution is -1.99. The average molecular weight is 211 g/mol. The van der Waals surface area contributed by atoms with Gasteiger partial charge in [-0.1, -0.05) is 5.16 Å². The van der Waals surface area contributed by atoms with Crippen LogP contribution < -0.4 is 0 Å². The number of aliphatic carboxylic acids is 1. The van der Waals surface area contributed by atoms with Crippen LogP contribution in [0.3, 0.4) is 0 Å². The maximum atomic E-state index is 10.3. The first-order valence-corrected chi connectivity index (χ1v) is 4.63. The van der Waals surface area contributed by atoms with Gasteiger partial charge in [-0.15, -0.1) is 11.3 Å². The molecule has 0 saturated carbocycles. The molecule has 2 rings (SSSR count). The van der Waals surface area contributed by atoms with E-state index >= 15 is 0 Å². The highest BCUT2D eigenvalue weighted by Gasteiger charge is 2.12. The van der Waals surface area contributed by atoms with Crippen LogP contribution in [0.5, 0.6) is 0 Å². The van der Waals surface area contributed by atoms with Gasteiger partial charge in [0.2, 0.25) is 11.7 Å².